The minimum absolute atomic E-state index is 0.0373. The lowest BCUT2D eigenvalue weighted by atomic mass is 9.64. The van der Waals surface area contributed by atoms with Crippen LogP contribution in [0.25, 0.3) is 0 Å². The van der Waals surface area contributed by atoms with E-state index in [1.165, 1.54) is 11.8 Å². The number of aliphatic hydroxyl groups excluding tert-OH is 1. The maximum Gasteiger partial charge on any atom is 0.281 e. The molecule has 102 valence electrons. The van der Waals surface area contributed by atoms with E-state index in [0.717, 1.165) is 12.3 Å². The van der Waals surface area contributed by atoms with Gasteiger partial charge in [-0.1, -0.05) is 25.6 Å². The fraction of sp³-hybridized carbons (Fsp3) is 0.833. The molecular weight excluding hydrogens is 252 g/mol. The number of nitrogens with zero attached hydrogens (tertiary/aromatic N) is 1. The third-order valence-corrected chi connectivity index (χ3v) is 4.90. The van der Waals surface area contributed by atoms with E-state index in [2.05, 4.69) is 5.32 Å². The Bertz CT molecular complexity index is 359. The van der Waals surface area contributed by atoms with Crippen molar-refractivity contribution in [1.29, 1.82) is 0 Å². The zero-order valence-corrected chi connectivity index (χ0v) is 11.6. The standard InChI is InChI=1S/C12H20N2O3S/c1-12(2)8(7-9(12)15)13-10(16)3-4-14-5-6-18-11(14)17/h8-9,15H,3-7H2,1-2H3,(H,13,16). The molecule has 1 saturated heterocycles. The number of rotatable bonds is 4. The van der Waals surface area contributed by atoms with Gasteiger partial charge in [0.15, 0.2) is 0 Å². The predicted molar refractivity (Wildman–Crippen MR) is 70.4 cm³/mol. The van der Waals surface area contributed by atoms with Gasteiger partial charge in [-0.05, 0) is 6.42 Å². The zero-order chi connectivity index (χ0) is 13.3. The summed E-state index contributed by atoms with van der Waals surface area (Å²) in [5, 5.41) is 12.6. The lowest BCUT2D eigenvalue weighted by Gasteiger charge is -2.49. The molecule has 2 atom stereocenters. The Morgan fingerprint density at radius 2 is 2.33 bits per heavy atom. The summed E-state index contributed by atoms with van der Waals surface area (Å²) in [4.78, 5) is 24.8. The first kappa shape index (κ1) is 13.7. The van der Waals surface area contributed by atoms with Gasteiger partial charge in [0, 0.05) is 36.7 Å². The van der Waals surface area contributed by atoms with Crippen molar-refractivity contribution < 1.29 is 14.7 Å². The van der Waals surface area contributed by atoms with Crippen LogP contribution in [0.4, 0.5) is 4.79 Å². The molecule has 2 fully saturated rings. The van der Waals surface area contributed by atoms with E-state index >= 15 is 0 Å². The second kappa shape index (κ2) is 5.09. The van der Waals surface area contributed by atoms with Crippen LogP contribution in [0.2, 0.25) is 0 Å². The molecule has 1 heterocycles. The van der Waals surface area contributed by atoms with E-state index in [9.17, 15) is 14.7 Å². The maximum atomic E-state index is 11.8. The molecule has 2 rings (SSSR count). The highest BCUT2D eigenvalue weighted by Crippen LogP contribution is 2.40. The van der Waals surface area contributed by atoms with Gasteiger partial charge in [0.2, 0.25) is 5.91 Å². The van der Waals surface area contributed by atoms with Gasteiger partial charge in [-0.25, -0.2) is 0 Å². The van der Waals surface area contributed by atoms with Crippen LogP contribution in [0.15, 0.2) is 0 Å². The SMILES string of the molecule is CC1(C)C(O)CC1NC(=O)CCN1CCSC1=O. The molecule has 0 bridgehead atoms. The highest BCUT2D eigenvalue weighted by atomic mass is 32.2. The summed E-state index contributed by atoms with van der Waals surface area (Å²) in [5.41, 5.74) is -0.241. The van der Waals surface area contributed by atoms with Crippen LogP contribution in [0, 0.1) is 5.41 Å². The van der Waals surface area contributed by atoms with Crippen molar-refractivity contribution in [2.75, 3.05) is 18.8 Å². The number of carbonyl (C=O) groups is 2. The average Bonchev–Trinajstić information content (AvgIpc) is 2.72. The van der Waals surface area contributed by atoms with Gasteiger partial charge in [-0.3, -0.25) is 9.59 Å². The molecule has 2 unspecified atom stereocenters. The highest BCUT2D eigenvalue weighted by molar-refractivity contribution is 8.13. The minimum atomic E-state index is -0.334. The largest absolute Gasteiger partial charge is 0.392 e. The number of amides is 2. The number of thioether (sulfide) groups is 1. The molecule has 1 saturated carbocycles. The van der Waals surface area contributed by atoms with Gasteiger partial charge in [0.25, 0.3) is 5.24 Å². The van der Waals surface area contributed by atoms with E-state index in [-0.39, 0.29) is 28.7 Å². The fourth-order valence-electron chi connectivity index (χ4n) is 2.28. The van der Waals surface area contributed by atoms with Crippen LogP contribution in [-0.4, -0.2) is 52.1 Å². The van der Waals surface area contributed by atoms with Gasteiger partial charge in [-0.2, -0.15) is 0 Å². The van der Waals surface area contributed by atoms with E-state index in [1.807, 2.05) is 13.8 Å². The van der Waals surface area contributed by atoms with Crippen molar-refractivity contribution in [3.8, 4) is 0 Å². The molecule has 1 aliphatic carbocycles. The molecule has 2 aliphatic rings. The summed E-state index contributed by atoms with van der Waals surface area (Å²) in [5.74, 6) is 0.784. The first-order chi connectivity index (χ1) is 8.41. The number of aliphatic hydroxyl groups is 1. The van der Waals surface area contributed by atoms with Crippen molar-refractivity contribution in [3.63, 3.8) is 0 Å². The summed E-state index contributed by atoms with van der Waals surface area (Å²) >= 11 is 1.31. The molecule has 0 radical (unpaired) electrons. The zero-order valence-electron chi connectivity index (χ0n) is 10.8. The molecule has 0 spiro atoms. The van der Waals surface area contributed by atoms with Gasteiger partial charge < -0.3 is 15.3 Å². The second-order valence-electron chi connectivity index (χ2n) is 5.54. The molecule has 18 heavy (non-hydrogen) atoms. The molecule has 0 aromatic rings. The fourth-order valence-corrected chi connectivity index (χ4v) is 3.13. The highest BCUT2D eigenvalue weighted by Gasteiger charge is 2.47. The van der Waals surface area contributed by atoms with Crippen molar-refractivity contribution >= 4 is 22.9 Å². The summed E-state index contributed by atoms with van der Waals surface area (Å²) in [7, 11) is 0. The van der Waals surface area contributed by atoms with Crippen molar-refractivity contribution in [3.05, 3.63) is 0 Å². The van der Waals surface area contributed by atoms with Gasteiger partial charge >= 0.3 is 0 Å². The molecule has 5 nitrogen and oxygen atoms in total. The second-order valence-corrected chi connectivity index (χ2v) is 6.59. The number of nitrogens with one attached hydrogen (secondary N) is 1. The normalized spacial score (nSPS) is 30.2. The molecule has 0 aromatic heterocycles. The van der Waals surface area contributed by atoms with Gasteiger partial charge in [-0.15, -0.1) is 0 Å². The first-order valence-electron chi connectivity index (χ1n) is 6.30. The number of carbonyl (C=O) groups excluding carboxylic acids is 2. The third kappa shape index (κ3) is 2.64. The molecular formula is C12H20N2O3S. The van der Waals surface area contributed by atoms with Crippen molar-refractivity contribution in [2.24, 2.45) is 5.41 Å². The quantitative estimate of drug-likeness (QED) is 0.795. The molecule has 2 N–H and O–H groups in total. The van der Waals surface area contributed by atoms with Crippen LogP contribution in [0.5, 0.6) is 0 Å². The lowest BCUT2D eigenvalue weighted by molar-refractivity contribution is -0.129. The molecule has 6 heteroatoms. The predicted octanol–water partition coefficient (Wildman–Crippen LogP) is 0.821. The Hall–Kier alpha value is -0.750. The minimum Gasteiger partial charge on any atom is -0.392 e. The lowest BCUT2D eigenvalue weighted by Crippen LogP contribution is -2.61. The topological polar surface area (TPSA) is 69.6 Å². The van der Waals surface area contributed by atoms with E-state index in [0.29, 0.717) is 19.4 Å². The van der Waals surface area contributed by atoms with Crippen LogP contribution >= 0.6 is 11.8 Å². The number of hydrogen-bond acceptors (Lipinski definition) is 4. The Morgan fingerprint density at radius 1 is 1.61 bits per heavy atom. The van der Waals surface area contributed by atoms with Gasteiger partial charge in [0.1, 0.15) is 0 Å². The number of hydrogen-bond donors (Lipinski definition) is 2. The van der Waals surface area contributed by atoms with Crippen molar-refractivity contribution in [1.82, 2.24) is 10.2 Å². The summed E-state index contributed by atoms with van der Waals surface area (Å²) in [6, 6.07) is 0.0451. The first-order valence-corrected chi connectivity index (χ1v) is 7.29. The van der Waals surface area contributed by atoms with Crippen molar-refractivity contribution in [2.45, 2.75) is 38.8 Å². The van der Waals surface area contributed by atoms with Gasteiger partial charge in [0.05, 0.1) is 6.10 Å². The summed E-state index contributed by atoms with van der Waals surface area (Å²) in [6.07, 6.45) is 0.631. The molecule has 2 amide bonds. The summed E-state index contributed by atoms with van der Waals surface area (Å²) in [6.45, 7) is 5.14. The average molecular weight is 272 g/mol. The van der Waals surface area contributed by atoms with E-state index < -0.39 is 0 Å². The monoisotopic (exact) mass is 272 g/mol. The van der Waals surface area contributed by atoms with E-state index in [1.54, 1.807) is 4.90 Å². The van der Waals surface area contributed by atoms with E-state index in [4.69, 9.17) is 0 Å². The van der Waals surface area contributed by atoms with Crippen LogP contribution in [0.3, 0.4) is 0 Å². The van der Waals surface area contributed by atoms with Crippen LogP contribution in [-0.2, 0) is 4.79 Å². The maximum absolute atomic E-state index is 11.8. The Morgan fingerprint density at radius 3 is 2.83 bits per heavy atom. The molecule has 1 aliphatic heterocycles. The Labute approximate surface area is 111 Å². The Balaban J connectivity index is 1.71. The smallest absolute Gasteiger partial charge is 0.281 e. The summed E-state index contributed by atoms with van der Waals surface area (Å²) < 4.78 is 0. The Kier molecular flexibility index (Phi) is 3.87. The van der Waals surface area contributed by atoms with Crippen LogP contribution < -0.4 is 5.32 Å². The third-order valence-electron chi connectivity index (χ3n) is 4.00. The van der Waals surface area contributed by atoms with Crippen LogP contribution in [0.1, 0.15) is 26.7 Å². The molecule has 0 aromatic carbocycles.